The fourth-order valence-corrected chi connectivity index (χ4v) is 0.901. The number of pyridine rings is 1. The second-order valence-corrected chi connectivity index (χ2v) is 2.79. The van der Waals surface area contributed by atoms with Crippen molar-refractivity contribution in [3.05, 3.63) is 40.9 Å². The summed E-state index contributed by atoms with van der Waals surface area (Å²) in [5, 5.41) is 11.1. The van der Waals surface area contributed by atoms with Gasteiger partial charge in [0.2, 0.25) is 0 Å². The van der Waals surface area contributed by atoms with E-state index in [1.807, 2.05) is 0 Å². The summed E-state index contributed by atoms with van der Waals surface area (Å²) in [6.07, 6.45) is 4.19. The first-order valence-corrected chi connectivity index (χ1v) is 4.09. The third kappa shape index (κ3) is 2.58. The molecule has 4 nitrogen and oxygen atoms in total. The molecule has 0 bridgehead atoms. The molecule has 0 atom stereocenters. The van der Waals surface area contributed by atoms with Crippen LogP contribution in [0, 0.1) is 12.1 Å². The Bertz CT molecular complexity index is 372. The Balaban J connectivity index is 2.83. The Morgan fingerprint density at radius 3 is 2.86 bits per heavy atom. The minimum Gasteiger partial charge on any atom is -0.618 e. The van der Waals surface area contributed by atoms with E-state index in [1.54, 1.807) is 19.1 Å². The first kappa shape index (κ1) is 10.2. The van der Waals surface area contributed by atoms with Gasteiger partial charge in [0.05, 0.1) is 7.11 Å². The summed E-state index contributed by atoms with van der Waals surface area (Å²) in [5.74, 6) is -0.442. The standard InChI is InChI=1S/C10H11NO3/c1-8-3-4-9(7-11(8)13)5-6-10(12)14-2/h3-7H,1-2H3/b6-5+. The third-order valence-electron chi connectivity index (χ3n) is 1.74. The van der Waals surface area contributed by atoms with Gasteiger partial charge in [0.15, 0.2) is 11.9 Å². The second kappa shape index (κ2) is 4.41. The molecule has 0 N–H and O–H groups in total. The smallest absolute Gasteiger partial charge is 0.330 e. The van der Waals surface area contributed by atoms with Crippen LogP contribution >= 0.6 is 0 Å². The van der Waals surface area contributed by atoms with Crippen LogP contribution in [0.4, 0.5) is 0 Å². The van der Waals surface area contributed by atoms with Crippen LogP contribution in [-0.2, 0) is 9.53 Å². The van der Waals surface area contributed by atoms with Crippen LogP contribution in [0.2, 0.25) is 0 Å². The molecule has 0 aliphatic rings. The quantitative estimate of drug-likeness (QED) is 0.302. The lowest BCUT2D eigenvalue weighted by Crippen LogP contribution is -2.29. The normalized spacial score (nSPS) is 10.4. The third-order valence-corrected chi connectivity index (χ3v) is 1.74. The lowest BCUT2D eigenvalue weighted by molar-refractivity contribution is -0.612. The molecule has 0 aliphatic heterocycles. The van der Waals surface area contributed by atoms with Gasteiger partial charge in [0, 0.05) is 24.6 Å². The van der Waals surface area contributed by atoms with Gasteiger partial charge in [0.25, 0.3) is 0 Å². The molecule has 0 saturated heterocycles. The predicted octanol–water partition coefficient (Wildman–Crippen LogP) is 0.815. The van der Waals surface area contributed by atoms with Crippen molar-refractivity contribution in [2.75, 3.05) is 7.11 Å². The number of aryl methyl sites for hydroxylation is 1. The van der Waals surface area contributed by atoms with Gasteiger partial charge < -0.3 is 9.94 Å². The number of carbonyl (C=O) groups is 1. The van der Waals surface area contributed by atoms with Crippen LogP contribution in [-0.4, -0.2) is 13.1 Å². The maximum absolute atomic E-state index is 11.1. The number of esters is 1. The van der Waals surface area contributed by atoms with Crippen LogP contribution < -0.4 is 4.73 Å². The maximum atomic E-state index is 11.1. The maximum Gasteiger partial charge on any atom is 0.330 e. The first-order valence-electron chi connectivity index (χ1n) is 4.09. The summed E-state index contributed by atoms with van der Waals surface area (Å²) in [5.41, 5.74) is 1.27. The van der Waals surface area contributed by atoms with E-state index >= 15 is 0 Å². The van der Waals surface area contributed by atoms with Crippen molar-refractivity contribution in [3.8, 4) is 0 Å². The highest BCUT2D eigenvalue weighted by Crippen LogP contribution is 2.00. The van der Waals surface area contributed by atoms with E-state index in [0.717, 1.165) is 4.73 Å². The minimum atomic E-state index is -0.442. The molecule has 0 spiro atoms. The topological polar surface area (TPSA) is 53.2 Å². The number of methoxy groups -OCH3 is 1. The van der Waals surface area contributed by atoms with Crippen LogP contribution in [0.1, 0.15) is 11.3 Å². The second-order valence-electron chi connectivity index (χ2n) is 2.79. The van der Waals surface area contributed by atoms with Gasteiger partial charge in [0.1, 0.15) is 0 Å². The number of nitrogens with zero attached hydrogens (tertiary/aromatic N) is 1. The van der Waals surface area contributed by atoms with Crippen molar-refractivity contribution >= 4 is 12.0 Å². The zero-order valence-electron chi connectivity index (χ0n) is 8.06. The number of hydrogen-bond acceptors (Lipinski definition) is 3. The Morgan fingerprint density at radius 1 is 1.57 bits per heavy atom. The van der Waals surface area contributed by atoms with Gasteiger partial charge in [-0.25, -0.2) is 4.79 Å². The first-order chi connectivity index (χ1) is 6.63. The van der Waals surface area contributed by atoms with Crippen LogP contribution in [0.25, 0.3) is 6.08 Å². The molecule has 0 radical (unpaired) electrons. The average Bonchev–Trinajstić information content (AvgIpc) is 2.19. The Morgan fingerprint density at radius 2 is 2.29 bits per heavy atom. The summed E-state index contributed by atoms with van der Waals surface area (Å²) >= 11 is 0. The van der Waals surface area contributed by atoms with Gasteiger partial charge in [-0.3, -0.25) is 0 Å². The molecule has 0 amide bonds. The zero-order valence-corrected chi connectivity index (χ0v) is 8.06. The van der Waals surface area contributed by atoms with E-state index < -0.39 is 5.97 Å². The van der Waals surface area contributed by atoms with Gasteiger partial charge in [-0.2, -0.15) is 4.73 Å². The van der Waals surface area contributed by atoms with Crippen molar-refractivity contribution in [1.82, 2.24) is 0 Å². The summed E-state index contributed by atoms with van der Waals surface area (Å²) in [6, 6.07) is 3.44. The summed E-state index contributed by atoms with van der Waals surface area (Å²) in [4.78, 5) is 10.7. The Kier molecular flexibility index (Phi) is 3.23. The molecule has 1 aromatic heterocycles. The van der Waals surface area contributed by atoms with E-state index in [-0.39, 0.29) is 0 Å². The molecule has 14 heavy (non-hydrogen) atoms. The molecule has 0 aliphatic carbocycles. The number of hydrogen-bond donors (Lipinski definition) is 0. The minimum absolute atomic E-state index is 0.442. The Labute approximate surface area is 82.0 Å². The van der Waals surface area contributed by atoms with Gasteiger partial charge in [-0.05, 0) is 12.1 Å². The monoisotopic (exact) mass is 193 g/mol. The van der Waals surface area contributed by atoms with E-state index in [2.05, 4.69) is 4.74 Å². The van der Waals surface area contributed by atoms with Gasteiger partial charge in [-0.15, -0.1) is 0 Å². The van der Waals surface area contributed by atoms with E-state index in [0.29, 0.717) is 11.3 Å². The highest BCUT2D eigenvalue weighted by atomic mass is 16.5. The summed E-state index contributed by atoms with van der Waals surface area (Å²) in [6.45, 7) is 1.71. The highest BCUT2D eigenvalue weighted by molar-refractivity contribution is 5.86. The summed E-state index contributed by atoms with van der Waals surface area (Å²) < 4.78 is 5.16. The van der Waals surface area contributed by atoms with Gasteiger partial charge in [-0.1, -0.05) is 0 Å². The summed E-state index contributed by atoms with van der Waals surface area (Å²) in [7, 11) is 1.30. The average molecular weight is 193 g/mol. The predicted molar refractivity (Wildman–Crippen MR) is 51.2 cm³/mol. The molecule has 0 unspecified atom stereocenters. The molecular weight excluding hydrogens is 182 g/mol. The zero-order chi connectivity index (χ0) is 10.6. The molecule has 4 heteroatoms. The van der Waals surface area contributed by atoms with Crippen molar-refractivity contribution in [2.24, 2.45) is 0 Å². The van der Waals surface area contributed by atoms with Crippen molar-refractivity contribution in [3.63, 3.8) is 0 Å². The van der Waals surface area contributed by atoms with Crippen molar-refractivity contribution in [2.45, 2.75) is 6.92 Å². The molecule has 74 valence electrons. The van der Waals surface area contributed by atoms with Crippen molar-refractivity contribution < 1.29 is 14.3 Å². The number of carbonyl (C=O) groups excluding carboxylic acids is 1. The van der Waals surface area contributed by atoms with Crippen LogP contribution in [0.3, 0.4) is 0 Å². The van der Waals surface area contributed by atoms with E-state index in [4.69, 9.17) is 0 Å². The molecule has 0 aromatic carbocycles. The number of ether oxygens (including phenoxy) is 1. The fourth-order valence-electron chi connectivity index (χ4n) is 0.901. The molecule has 0 saturated carbocycles. The SMILES string of the molecule is COC(=O)/C=C/c1ccc(C)[n+]([O-])c1. The lowest BCUT2D eigenvalue weighted by atomic mass is 10.2. The highest BCUT2D eigenvalue weighted by Gasteiger charge is 1.99. The molecule has 0 fully saturated rings. The van der Waals surface area contributed by atoms with E-state index in [9.17, 15) is 10.0 Å². The molecular formula is C10H11NO3. The van der Waals surface area contributed by atoms with Gasteiger partial charge >= 0.3 is 5.97 Å². The van der Waals surface area contributed by atoms with Crippen molar-refractivity contribution in [1.29, 1.82) is 0 Å². The lowest BCUT2D eigenvalue weighted by Gasteiger charge is -1.99. The molecule has 1 heterocycles. The van der Waals surface area contributed by atoms with E-state index in [1.165, 1.54) is 25.5 Å². The number of aromatic nitrogens is 1. The van der Waals surface area contributed by atoms with Crippen LogP contribution in [0.5, 0.6) is 0 Å². The fraction of sp³-hybridized carbons (Fsp3) is 0.200. The Hall–Kier alpha value is -1.84. The molecule has 1 aromatic rings. The molecule has 1 rings (SSSR count). The largest absolute Gasteiger partial charge is 0.618 e. The number of rotatable bonds is 2. The van der Waals surface area contributed by atoms with Crippen LogP contribution in [0.15, 0.2) is 24.4 Å².